The average Bonchev–Trinajstić information content (AvgIpc) is 3.54. The van der Waals surface area contributed by atoms with Gasteiger partial charge in [0.1, 0.15) is 6.33 Å². The number of aromatic nitrogens is 5. The zero-order valence-electron chi connectivity index (χ0n) is 16.8. The summed E-state index contributed by atoms with van der Waals surface area (Å²) < 4.78 is 32.7. The summed E-state index contributed by atoms with van der Waals surface area (Å²) in [5.41, 5.74) is 4.78. The van der Waals surface area contributed by atoms with E-state index in [0.29, 0.717) is 5.69 Å². The third-order valence-electron chi connectivity index (χ3n) is 5.04. The Morgan fingerprint density at radius 1 is 0.935 bits per heavy atom. The van der Waals surface area contributed by atoms with Gasteiger partial charge in [-0.15, -0.1) is 0 Å². The molecule has 2 aromatic carbocycles. The molecule has 5 aromatic rings. The molecule has 0 aliphatic carbocycles. The molecule has 0 aliphatic heterocycles. The van der Waals surface area contributed by atoms with Crippen molar-refractivity contribution in [3.63, 3.8) is 0 Å². The van der Waals surface area contributed by atoms with Crippen molar-refractivity contribution < 1.29 is 8.42 Å². The van der Waals surface area contributed by atoms with E-state index >= 15 is 0 Å². The summed E-state index contributed by atoms with van der Waals surface area (Å²) >= 11 is 0. The molecular formula is C22H20N6O2S. The number of benzene rings is 2. The molecule has 8 nitrogen and oxygen atoms in total. The molecule has 3 heterocycles. The van der Waals surface area contributed by atoms with Crippen molar-refractivity contribution in [2.75, 3.05) is 10.5 Å². The van der Waals surface area contributed by atoms with E-state index < -0.39 is 10.0 Å². The molecule has 0 saturated heterocycles. The number of rotatable bonds is 6. The third kappa shape index (κ3) is 3.71. The molecule has 0 spiro atoms. The summed E-state index contributed by atoms with van der Waals surface area (Å²) in [4.78, 5) is 4.55. The lowest BCUT2D eigenvalue weighted by atomic mass is 10.2. The smallest absolute Gasteiger partial charge is 0.232 e. The van der Waals surface area contributed by atoms with Crippen LogP contribution in [0.2, 0.25) is 0 Å². The minimum atomic E-state index is -3.41. The quantitative estimate of drug-likeness (QED) is 0.443. The van der Waals surface area contributed by atoms with Gasteiger partial charge in [-0.1, -0.05) is 0 Å². The van der Waals surface area contributed by atoms with Crippen LogP contribution in [0.5, 0.6) is 0 Å². The number of imidazole rings is 1. The maximum atomic E-state index is 12.2. The van der Waals surface area contributed by atoms with Crippen LogP contribution >= 0.6 is 0 Å². The molecule has 31 heavy (non-hydrogen) atoms. The van der Waals surface area contributed by atoms with E-state index in [0.717, 1.165) is 28.1 Å². The van der Waals surface area contributed by atoms with Gasteiger partial charge < -0.3 is 4.57 Å². The Labute approximate surface area is 179 Å². The predicted octanol–water partition coefficient (Wildman–Crippen LogP) is 3.76. The second kappa shape index (κ2) is 7.44. The van der Waals surface area contributed by atoms with E-state index in [1.165, 1.54) is 0 Å². The van der Waals surface area contributed by atoms with Crippen LogP contribution in [0, 0.1) is 0 Å². The monoisotopic (exact) mass is 432 g/mol. The maximum absolute atomic E-state index is 12.2. The van der Waals surface area contributed by atoms with E-state index in [1.54, 1.807) is 24.1 Å². The first-order chi connectivity index (χ1) is 15.0. The molecule has 5 rings (SSSR count). The number of hydrogen-bond donors (Lipinski definition) is 1. The number of nitrogens with zero attached hydrogens (tertiary/aromatic N) is 5. The molecule has 3 aromatic heterocycles. The van der Waals surface area contributed by atoms with Crippen molar-refractivity contribution in [1.82, 2.24) is 23.9 Å². The van der Waals surface area contributed by atoms with Gasteiger partial charge in [0.15, 0.2) is 0 Å². The van der Waals surface area contributed by atoms with Gasteiger partial charge in [-0.3, -0.25) is 9.29 Å². The molecule has 0 amide bonds. The van der Waals surface area contributed by atoms with Gasteiger partial charge in [0.05, 0.1) is 33.8 Å². The van der Waals surface area contributed by atoms with Crippen LogP contribution in [0.25, 0.3) is 28.1 Å². The molecule has 0 atom stereocenters. The van der Waals surface area contributed by atoms with Crippen molar-refractivity contribution in [1.29, 1.82) is 0 Å². The lowest BCUT2D eigenvalue weighted by molar-refractivity contribution is 0.602. The third-order valence-corrected chi connectivity index (χ3v) is 6.34. The van der Waals surface area contributed by atoms with Crippen LogP contribution in [-0.2, 0) is 10.0 Å². The largest absolute Gasteiger partial charge is 0.324 e. The van der Waals surface area contributed by atoms with Crippen molar-refractivity contribution in [3.8, 4) is 17.1 Å². The zero-order chi connectivity index (χ0) is 21.4. The minimum Gasteiger partial charge on any atom is -0.324 e. The summed E-state index contributed by atoms with van der Waals surface area (Å²) in [6, 6.07) is 17.3. The van der Waals surface area contributed by atoms with Crippen LogP contribution < -0.4 is 4.72 Å². The standard InChI is InChI=1S/C22H20N6O2S/c1-2-31(29,30)25-17-12-19(26-9-3-4-10-26)14-20(13-17)27-16-23-21-15-18(6-7-22(21)27)28-11-5-8-24-28/h3-16,25H,2H2,1H3. The maximum Gasteiger partial charge on any atom is 0.232 e. The topological polar surface area (TPSA) is 86.7 Å². The summed E-state index contributed by atoms with van der Waals surface area (Å²) in [5.74, 6) is 0.000290. The van der Waals surface area contributed by atoms with E-state index in [4.69, 9.17) is 0 Å². The molecule has 0 aliphatic rings. The van der Waals surface area contributed by atoms with Crippen LogP contribution in [0.15, 0.2) is 85.7 Å². The number of nitrogens with one attached hydrogen (secondary N) is 1. The van der Waals surface area contributed by atoms with Crippen molar-refractivity contribution >= 4 is 26.7 Å². The Balaban J connectivity index is 1.63. The normalized spacial score (nSPS) is 11.8. The van der Waals surface area contributed by atoms with Crippen LogP contribution in [0.4, 0.5) is 5.69 Å². The van der Waals surface area contributed by atoms with E-state index in [2.05, 4.69) is 14.8 Å². The molecule has 0 bridgehead atoms. The predicted molar refractivity (Wildman–Crippen MR) is 121 cm³/mol. The van der Waals surface area contributed by atoms with E-state index in [9.17, 15) is 8.42 Å². The number of sulfonamides is 1. The SMILES string of the molecule is CCS(=O)(=O)Nc1cc(-n2cccc2)cc(-n2cnc3cc(-n4cccn4)ccc32)c1. The van der Waals surface area contributed by atoms with Crippen LogP contribution in [0.3, 0.4) is 0 Å². The highest BCUT2D eigenvalue weighted by molar-refractivity contribution is 7.92. The van der Waals surface area contributed by atoms with Gasteiger partial charge in [0, 0.05) is 30.5 Å². The molecule has 0 fully saturated rings. The zero-order valence-corrected chi connectivity index (χ0v) is 17.6. The summed E-state index contributed by atoms with van der Waals surface area (Å²) in [7, 11) is -3.41. The molecule has 156 valence electrons. The fourth-order valence-corrected chi connectivity index (χ4v) is 4.09. The van der Waals surface area contributed by atoms with Gasteiger partial charge in [0.2, 0.25) is 10.0 Å². The minimum absolute atomic E-state index is 0.000290. The van der Waals surface area contributed by atoms with Gasteiger partial charge >= 0.3 is 0 Å². The highest BCUT2D eigenvalue weighted by Crippen LogP contribution is 2.26. The Bertz CT molecular complexity index is 1450. The highest BCUT2D eigenvalue weighted by Gasteiger charge is 2.13. The second-order valence-corrected chi connectivity index (χ2v) is 9.08. The highest BCUT2D eigenvalue weighted by atomic mass is 32.2. The number of fused-ring (bicyclic) bond motifs is 1. The van der Waals surface area contributed by atoms with Crippen LogP contribution in [0.1, 0.15) is 6.92 Å². The summed E-state index contributed by atoms with van der Waals surface area (Å²) in [5, 5.41) is 4.27. The van der Waals surface area contributed by atoms with Gasteiger partial charge in [0.25, 0.3) is 0 Å². The molecule has 9 heteroatoms. The van der Waals surface area contributed by atoms with Crippen molar-refractivity contribution in [2.45, 2.75) is 6.92 Å². The van der Waals surface area contributed by atoms with Gasteiger partial charge in [-0.2, -0.15) is 5.10 Å². The molecule has 0 unspecified atom stereocenters. The molecule has 1 N–H and O–H groups in total. The van der Waals surface area contributed by atoms with E-state index in [-0.39, 0.29) is 5.75 Å². The average molecular weight is 433 g/mol. The molecule has 0 radical (unpaired) electrons. The Morgan fingerprint density at radius 2 is 1.74 bits per heavy atom. The second-order valence-electron chi connectivity index (χ2n) is 7.07. The first-order valence-electron chi connectivity index (χ1n) is 9.79. The number of hydrogen-bond acceptors (Lipinski definition) is 4. The molecular weight excluding hydrogens is 412 g/mol. The van der Waals surface area contributed by atoms with Gasteiger partial charge in [-0.05, 0) is 61.5 Å². The molecule has 0 saturated carbocycles. The van der Waals surface area contributed by atoms with E-state index in [1.807, 2.05) is 82.3 Å². The lowest BCUT2D eigenvalue weighted by Gasteiger charge is -2.13. The Kier molecular flexibility index (Phi) is 4.59. The van der Waals surface area contributed by atoms with Gasteiger partial charge in [-0.25, -0.2) is 18.1 Å². The fourth-order valence-electron chi connectivity index (χ4n) is 3.47. The summed E-state index contributed by atoms with van der Waals surface area (Å²) in [6.07, 6.45) is 9.18. The van der Waals surface area contributed by atoms with Crippen molar-refractivity contribution in [2.24, 2.45) is 0 Å². The first kappa shape index (κ1) is 19.1. The van der Waals surface area contributed by atoms with Crippen molar-refractivity contribution in [3.05, 3.63) is 85.7 Å². The fraction of sp³-hybridized carbons (Fsp3) is 0.0909. The van der Waals surface area contributed by atoms with Crippen LogP contribution in [-0.4, -0.2) is 38.1 Å². The Hall–Kier alpha value is -3.85. The number of anilines is 1. The first-order valence-corrected chi connectivity index (χ1v) is 11.4. The lowest BCUT2D eigenvalue weighted by Crippen LogP contribution is -2.15. The summed E-state index contributed by atoms with van der Waals surface area (Å²) in [6.45, 7) is 1.61. The Morgan fingerprint density at radius 3 is 2.48 bits per heavy atom.